The Morgan fingerprint density at radius 1 is 1.31 bits per heavy atom. The molecular formula is C13H18N2S. The highest BCUT2D eigenvalue weighted by Gasteiger charge is 2.03. The summed E-state index contributed by atoms with van der Waals surface area (Å²) in [5.74, 6) is 0. The number of aromatic nitrogens is 2. The number of hydrogen-bond donors (Lipinski definition) is 1. The second-order valence-electron chi connectivity index (χ2n) is 4.31. The predicted molar refractivity (Wildman–Crippen MR) is 71.4 cm³/mol. The van der Waals surface area contributed by atoms with Gasteiger partial charge >= 0.3 is 0 Å². The van der Waals surface area contributed by atoms with E-state index < -0.39 is 0 Å². The van der Waals surface area contributed by atoms with Gasteiger partial charge in [-0.2, -0.15) is 0 Å². The molecule has 0 aliphatic rings. The molecule has 2 aromatic rings. The summed E-state index contributed by atoms with van der Waals surface area (Å²) in [6, 6.07) is 6.42. The van der Waals surface area contributed by atoms with Crippen LogP contribution in [-0.2, 0) is 6.54 Å². The Kier molecular flexibility index (Phi) is 3.44. The van der Waals surface area contributed by atoms with Crippen molar-refractivity contribution in [1.82, 2.24) is 9.55 Å². The summed E-state index contributed by atoms with van der Waals surface area (Å²) in [7, 11) is 0. The van der Waals surface area contributed by atoms with Crippen molar-refractivity contribution < 1.29 is 0 Å². The average molecular weight is 234 g/mol. The molecule has 0 spiro atoms. The predicted octanol–water partition coefficient (Wildman–Crippen LogP) is 4.20. The van der Waals surface area contributed by atoms with E-state index in [2.05, 4.69) is 41.6 Å². The number of unbranched alkanes of at least 4 members (excludes halogenated alkanes) is 2. The van der Waals surface area contributed by atoms with Crippen molar-refractivity contribution in [3.05, 3.63) is 28.5 Å². The number of nitrogens with zero attached hydrogens (tertiary/aromatic N) is 1. The van der Waals surface area contributed by atoms with E-state index in [1.54, 1.807) is 0 Å². The molecule has 0 aliphatic heterocycles. The Morgan fingerprint density at radius 3 is 2.88 bits per heavy atom. The fourth-order valence-corrected chi connectivity index (χ4v) is 2.30. The van der Waals surface area contributed by atoms with Crippen LogP contribution >= 0.6 is 12.2 Å². The lowest BCUT2D eigenvalue weighted by Gasteiger charge is -2.04. The number of rotatable bonds is 4. The Balaban J connectivity index is 2.38. The zero-order valence-corrected chi connectivity index (χ0v) is 10.7. The highest BCUT2D eigenvalue weighted by molar-refractivity contribution is 7.71. The van der Waals surface area contributed by atoms with Crippen LogP contribution in [0.1, 0.15) is 31.7 Å². The quantitative estimate of drug-likeness (QED) is 0.621. The van der Waals surface area contributed by atoms with Crippen molar-refractivity contribution in [2.75, 3.05) is 0 Å². The lowest BCUT2D eigenvalue weighted by molar-refractivity contribution is 0.608. The van der Waals surface area contributed by atoms with E-state index in [0.717, 1.165) is 16.8 Å². The number of aryl methyl sites for hydroxylation is 2. The monoisotopic (exact) mass is 234 g/mol. The number of aromatic amines is 1. The fraction of sp³-hybridized carbons (Fsp3) is 0.462. The number of fused-ring (bicyclic) bond motifs is 1. The maximum Gasteiger partial charge on any atom is 0.178 e. The minimum Gasteiger partial charge on any atom is -0.331 e. The van der Waals surface area contributed by atoms with Crippen molar-refractivity contribution in [2.45, 2.75) is 39.7 Å². The van der Waals surface area contributed by atoms with Crippen molar-refractivity contribution in [3.8, 4) is 0 Å². The molecule has 0 saturated carbocycles. The molecule has 0 bridgehead atoms. The van der Waals surface area contributed by atoms with Crippen LogP contribution in [0, 0.1) is 11.7 Å². The smallest absolute Gasteiger partial charge is 0.178 e. The SMILES string of the molecule is CCCCCn1c(=S)[nH]c2ccc(C)cc21. The summed E-state index contributed by atoms with van der Waals surface area (Å²) in [6.45, 7) is 5.36. The average Bonchev–Trinajstić information content (AvgIpc) is 2.56. The highest BCUT2D eigenvalue weighted by Crippen LogP contribution is 2.16. The van der Waals surface area contributed by atoms with Gasteiger partial charge in [-0.3, -0.25) is 0 Å². The van der Waals surface area contributed by atoms with Crippen molar-refractivity contribution in [2.24, 2.45) is 0 Å². The van der Waals surface area contributed by atoms with Crippen molar-refractivity contribution in [1.29, 1.82) is 0 Å². The van der Waals surface area contributed by atoms with E-state index in [-0.39, 0.29) is 0 Å². The van der Waals surface area contributed by atoms with Gasteiger partial charge in [-0.1, -0.05) is 25.8 Å². The maximum atomic E-state index is 5.35. The van der Waals surface area contributed by atoms with E-state index in [1.165, 1.54) is 30.3 Å². The number of nitrogens with one attached hydrogen (secondary N) is 1. The Labute approximate surface area is 101 Å². The summed E-state index contributed by atoms with van der Waals surface area (Å²) in [6.07, 6.45) is 3.71. The zero-order chi connectivity index (χ0) is 11.5. The molecule has 86 valence electrons. The third-order valence-electron chi connectivity index (χ3n) is 2.92. The molecule has 0 saturated heterocycles. The van der Waals surface area contributed by atoms with Gasteiger partial charge in [0.05, 0.1) is 11.0 Å². The molecule has 16 heavy (non-hydrogen) atoms. The van der Waals surface area contributed by atoms with Crippen LogP contribution < -0.4 is 0 Å². The van der Waals surface area contributed by atoms with Crippen LogP contribution in [0.4, 0.5) is 0 Å². The molecule has 0 atom stereocenters. The van der Waals surface area contributed by atoms with E-state index >= 15 is 0 Å². The lowest BCUT2D eigenvalue weighted by Crippen LogP contribution is -1.97. The molecular weight excluding hydrogens is 216 g/mol. The molecule has 0 radical (unpaired) electrons. The van der Waals surface area contributed by atoms with E-state index in [1.807, 2.05) is 0 Å². The first-order valence-corrected chi connectivity index (χ1v) is 6.32. The zero-order valence-electron chi connectivity index (χ0n) is 9.92. The molecule has 1 N–H and O–H groups in total. The first-order valence-electron chi connectivity index (χ1n) is 5.91. The minimum atomic E-state index is 0.844. The second kappa shape index (κ2) is 4.83. The molecule has 1 heterocycles. The van der Waals surface area contributed by atoms with Gasteiger partial charge in [0.15, 0.2) is 4.77 Å². The summed E-state index contributed by atoms with van der Waals surface area (Å²) < 4.78 is 3.06. The van der Waals surface area contributed by atoms with Crippen molar-refractivity contribution in [3.63, 3.8) is 0 Å². The summed E-state index contributed by atoms with van der Waals surface area (Å²) in [5, 5.41) is 0. The van der Waals surface area contributed by atoms with Crippen LogP contribution in [0.15, 0.2) is 18.2 Å². The van der Waals surface area contributed by atoms with Crippen LogP contribution in [0.2, 0.25) is 0 Å². The third-order valence-corrected chi connectivity index (χ3v) is 3.24. The Morgan fingerprint density at radius 2 is 2.12 bits per heavy atom. The van der Waals surface area contributed by atoms with Gasteiger partial charge in [0.25, 0.3) is 0 Å². The molecule has 2 nitrogen and oxygen atoms in total. The van der Waals surface area contributed by atoms with Crippen LogP contribution in [0.5, 0.6) is 0 Å². The highest BCUT2D eigenvalue weighted by atomic mass is 32.1. The number of hydrogen-bond acceptors (Lipinski definition) is 1. The molecule has 0 amide bonds. The van der Waals surface area contributed by atoms with Crippen LogP contribution in [0.25, 0.3) is 11.0 Å². The molecule has 3 heteroatoms. The summed E-state index contributed by atoms with van der Waals surface area (Å²) in [5.41, 5.74) is 3.67. The maximum absolute atomic E-state index is 5.35. The molecule has 1 aromatic heterocycles. The standard InChI is InChI=1S/C13H18N2S/c1-3-4-5-8-15-12-9-10(2)6-7-11(12)14-13(15)16/h6-7,9H,3-5,8H2,1-2H3,(H,14,16). The first-order chi connectivity index (χ1) is 7.72. The fourth-order valence-electron chi connectivity index (χ4n) is 2.00. The van der Waals surface area contributed by atoms with Crippen molar-refractivity contribution >= 4 is 23.3 Å². The molecule has 2 rings (SSSR count). The van der Waals surface area contributed by atoms with E-state index in [0.29, 0.717) is 0 Å². The van der Waals surface area contributed by atoms with Gasteiger partial charge in [0, 0.05) is 6.54 Å². The van der Waals surface area contributed by atoms with Gasteiger partial charge in [-0.15, -0.1) is 0 Å². The first kappa shape index (κ1) is 11.4. The summed E-state index contributed by atoms with van der Waals surface area (Å²) >= 11 is 5.35. The van der Waals surface area contributed by atoms with E-state index in [9.17, 15) is 0 Å². The van der Waals surface area contributed by atoms with Crippen LogP contribution in [-0.4, -0.2) is 9.55 Å². The van der Waals surface area contributed by atoms with Crippen LogP contribution in [0.3, 0.4) is 0 Å². The van der Waals surface area contributed by atoms with Gasteiger partial charge in [0.2, 0.25) is 0 Å². The Bertz CT molecular complexity index is 536. The minimum absolute atomic E-state index is 0.844. The normalized spacial score (nSPS) is 11.1. The molecule has 0 unspecified atom stereocenters. The largest absolute Gasteiger partial charge is 0.331 e. The van der Waals surface area contributed by atoms with Gasteiger partial charge in [0.1, 0.15) is 0 Å². The topological polar surface area (TPSA) is 20.7 Å². The van der Waals surface area contributed by atoms with Gasteiger partial charge in [-0.05, 0) is 43.3 Å². The molecule has 1 aromatic carbocycles. The number of H-pyrrole nitrogens is 1. The third kappa shape index (κ3) is 2.19. The molecule has 0 fully saturated rings. The lowest BCUT2D eigenvalue weighted by atomic mass is 10.2. The second-order valence-corrected chi connectivity index (χ2v) is 4.70. The number of imidazole rings is 1. The Hall–Kier alpha value is -1.09. The van der Waals surface area contributed by atoms with Gasteiger partial charge < -0.3 is 9.55 Å². The number of benzene rings is 1. The van der Waals surface area contributed by atoms with Gasteiger partial charge in [-0.25, -0.2) is 0 Å². The molecule has 0 aliphatic carbocycles. The summed E-state index contributed by atoms with van der Waals surface area (Å²) in [4.78, 5) is 3.26. The van der Waals surface area contributed by atoms with E-state index in [4.69, 9.17) is 12.2 Å².